The molecule has 0 radical (unpaired) electrons. The zero-order chi connectivity index (χ0) is 8.10. The molecule has 1 fully saturated rings. The molecule has 1 aliphatic heterocycles. The molecule has 0 amide bonds. The van der Waals surface area contributed by atoms with Crippen LogP contribution in [0.25, 0.3) is 0 Å². The molecule has 11 heavy (non-hydrogen) atoms. The van der Waals surface area contributed by atoms with E-state index >= 15 is 0 Å². The zero-order valence-electron chi connectivity index (χ0n) is 7.05. The van der Waals surface area contributed by atoms with Crippen molar-refractivity contribution in [3.63, 3.8) is 0 Å². The summed E-state index contributed by atoms with van der Waals surface area (Å²) in [5.41, 5.74) is 3.00. The molecule has 0 bridgehead atoms. The third-order valence-corrected chi connectivity index (χ3v) is 1.84. The van der Waals surface area contributed by atoms with Gasteiger partial charge >= 0.3 is 0 Å². The van der Waals surface area contributed by atoms with E-state index in [0.29, 0.717) is 12.6 Å². The summed E-state index contributed by atoms with van der Waals surface area (Å²) in [6.45, 7) is 6.39. The number of rotatable bonds is 4. The van der Waals surface area contributed by atoms with E-state index in [4.69, 9.17) is 4.84 Å². The molecule has 0 spiro atoms. The Kier molecular flexibility index (Phi) is 3.56. The second kappa shape index (κ2) is 4.49. The second-order valence-corrected chi connectivity index (χ2v) is 2.97. The molecule has 1 heterocycles. The molecular weight excluding hydrogens is 140 g/mol. The molecule has 1 N–H and O–H groups in total. The van der Waals surface area contributed by atoms with Gasteiger partial charge in [0.1, 0.15) is 0 Å². The maximum Gasteiger partial charge on any atom is 0.0861 e. The molecule has 0 aromatic rings. The molecule has 0 aliphatic carbocycles. The summed E-state index contributed by atoms with van der Waals surface area (Å²) >= 11 is 0. The van der Waals surface area contributed by atoms with Crippen LogP contribution < -0.4 is 5.48 Å². The average Bonchev–Trinajstić information content (AvgIpc) is 2.37. The monoisotopic (exact) mass is 156 g/mol. The van der Waals surface area contributed by atoms with E-state index in [1.54, 1.807) is 6.08 Å². The number of nitrogens with one attached hydrogen (secondary N) is 1. The molecule has 0 aromatic heterocycles. The van der Waals surface area contributed by atoms with Crippen LogP contribution >= 0.6 is 0 Å². The predicted octanol–water partition coefficient (Wildman–Crippen LogP) is 0.398. The zero-order valence-corrected chi connectivity index (χ0v) is 7.05. The fourth-order valence-corrected chi connectivity index (χ4v) is 1.26. The van der Waals surface area contributed by atoms with Crippen molar-refractivity contribution in [2.24, 2.45) is 0 Å². The summed E-state index contributed by atoms with van der Waals surface area (Å²) in [7, 11) is 2.12. The summed E-state index contributed by atoms with van der Waals surface area (Å²) in [6.07, 6.45) is 2.92. The van der Waals surface area contributed by atoms with Gasteiger partial charge in [0.05, 0.1) is 6.61 Å². The van der Waals surface area contributed by atoms with Crippen LogP contribution in [-0.4, -0.2) is 37.7 Å². The number of hydrogen-bond donors (Lipinski definition) is 1. The Bertz CT molecular complexity index is 127. The molecular formula is C8H16N2O. The van der Waals surface area contributed by atoms with Gasteiger partial charge in [-0.25, -0.2) is 0 Å². The van der Waals surface area contributed by atoms with Gasteiger partial charge in [0.2, 0.25) is 0 Å². The summed E-state index contributed by atoms with van der Waals surface area (Å²) in [6, 6.07) is 0.500. The van der Waals surface area contributed by atoms with Crippen molar-refractivity contribution in [2.45, 2.75) is 12.5 Å². The fraction of sp³-hybridized carbons (Fsp3) is 0.750. The van der Waals surface area contributed by atoms with Gasteiger partial charge in [0.15, 0.2) is 0 Å². The van der Waals surface area contributed by atoms with E-state index in [0.717, 1.165) is 13.1 Å². The second-order valence-electron chi connectivity index (χ2n) is 2.97. The number of nitrogens with zero attached hydrogens (tertiary/aromatic N) is 1. The highest BCUT2D eigenvalue weighted by molar-refractivity contribution is 4.76. The highest BCUT2D eigenvalue weighted by Gasteiger charge is 2.18. The first kappa shape index (κ1) is 8.71. The standard InChI is InChI=1S/C8H16N2O/c1-3-6-11-9-8-4-5-10(2)7-8/h3,8-9H,1,4-7H2,2H3. The summed E-state index contributed by atoms with van der Waals surface area (Å²) in [5, 5.41) is 0. The smallest absolute Gasteiger partial charge is 0.0861 e. The first-order chi connectivity index (χ1) is 5.33. The van der Waals surface area contributed by atoms with E-state index in [1.165, 1.54) is 6.42 Å². The van der Waals surface area contributed by atoms with Crippen LogP contribution in [0.15, 0.2) is 12.7 Å². The molecule has 1 rings (SSSR count). The van der Waals surface area contributed by atoms with Gasteiger partial charge in [-0.2, -0.15) is 5.48 Å². The first-order valence-electron chi connectivity index (χ1n) is 3.99. The van der Waals surface area contributed by atoms with Gasteiger partial charge in [-0.1, -0.05) is 6.08 Å². The Morgan fingerprint density at radius 2 is 2.64 bits per heavy atom. The van der Waals surface area contributed by atoms with Gasteiger partial charge in [-0.15, -0.1) is 6.58 Å². The Balaban J connectivity index is 2.03. The van der Waals surface area contributed by atoms with Crippen LogP contribution in [0, 0.1) is 0 Å². The van der Waals surface area contributed by atoms with E-state index in [2.05, 4.69) is 24.0 Å². The van der Waals surface area contributed by atoms with E-state index in [-0.39, 0.29) is 0 Å². The lowest BCUT2D eigenvalue weighted by molar-refractivity contribution is 0.0377. The van der Waals surface area contributed by atoms with Crippen LogP contribution in [0.3, 0.4) is 0 Å². The normalized spacial score (nSPS) is 25.7. The van der Waals surface area contributed by atoms with E-state index < -0.39 is 0 Å². The maximum absolute atomic E-state index is 5.12. The van der Waals surface area contributed by atoms with Crippen molar-refractivity contribution in [3.05, 3.63) is 12.7 Å². The van der Waals surface area contributed by atoms with Crippen molar-refractivity contribution in [1.29, 1.82) is 0 Å². The van der Waals surface area contributed by atoms with E-state index in [1.807, 2.05) is 0 Å². The molecule has 1 saturated heterocycles. The van der Waals surface area contributed by atoms with Gasteiger partial charge in [0, 0.05) is 12.6 Å². The number of hydroxylamine groups is 1. The SMILES string of the molecule is C=CCONC1CCN(C)C1. The largest absolute Gasteiger partial charge is 0.305 e. The van der Waals surface area contributed by atoms with Gasteiger partial charge in [-0.05, 0) is 20.0 Å². The molecule has 1 unspecified atom stereocenters. The van der Waals surface area contributed by atoms with Crippen LogP contribution in [-0.2, 0) is 4.84 Å². The molecule has 3 heteroatoms. The van der Waals surface area contributed by atoms with Crippen molar-refractivity contribution >= 4 is 0 Å². The van der Waals surface area contributed by atoms with Crippen molar-refractivity contribution in [3.8, 4) is 0 Å². The van der Waals surface area contributed by atoms with Crippen molar-refractivity contribution in [2.75, 3.05) is 26.7 Å². The molecule has 64 valence electrons. The predicted molar refractivity (Wildman–Crippen MR) is 45.2 cm³/mol. The molecule has 3 nitrogen and oxygen atoms in total. The first-order valence-corrected chi connectivity index (χ1v) is 3.99. The Morgan fingerprint density at radius 1 is 1.82 bits per heavy atom. The van der Waals surface area contributed by atoms with E-state index in [9.17, 15) is 0 Å². The van der Waals surface area contributed by atoms with Gasteiger partial charge in [0.25, 0.3) is 0 Å². The third kappa shape index (κ3) is 3.01. The Labute approximate surface area is 68.0 Å². The summed E-state index contributed by atoms with van der Waals surface area (Å²) in [4.78, 5) is 7.41. The highest BCUT2D eigenvalue weighted by atomic mass is 16.6. The minimum atomic E-state index is 0.500. The van der Waals surface area contributed by atoms with Crippen molar-refractivity contribution in [1.82, 2.24) is 10.4 Å². The fourth-order valence-electron chi connectivity index (χ4n) is 1.26. The Hall–Kier alpha value is -0.380. The van der Waals surface area contributed by atoms with Gasteiger partial charge < -0.3 is 4.90 Å². The molecule has 1 atom stereocenters. The molecule has 1 aliphatic rings. The van der Waals surface area contributed by atoms with Crippen LogP contribution in [0.2, 0.25) is 0 Å². The quantitative estimate of drug-likeness (QED) is 0.362. The van der Waals surface area contributed by atoms with Crippen molar-refractivity contribution < 1.29 is 4.84 Å². The minimum Gasteiger partial charge on any atom is -0.305 e. The molecule has 0 aromatic carbocycles. The highest BCUT2D eigenvalue weighted by Crippen LogP contribution is 2.05. The average molecular weight is 156 g/mol. The maximum atomic E-state index is 5.12. The lowest BCUT2D eigenvalue weighted by Crippen LogP contribution is -2.31. The number of hydrogen-bond acceptors (Lipinski definition) is 3. The number of likely N-dealkylation sites (N-methyl/N-ethyl adjacent to an activating group) is 1. The van der Waals surface area contributed by atoms with Crippen LogP contribution in [0.1, 0.15) is 6.42 Å². The third-order valence-electron chi connectivity index (χ3n) is 1.84. The van der Waals surface area contributed by atoms with Crippen LogP contribution in [0.4, 0.5) is 0 Å². The molecule has 0 saturated carbocycles. The number of likely N-dealkylation sites (tertiary alicyclic amines) is 1. The summed E-state index contributed by atoms with van der Waals surface area (Å²) in [5.74, 6) is 0. The Morgan fingerprint density at radius 3 is 3.18 bits per heavy atom. The van der Waals surface area contributed by atoms with Gasteiger partial charge in [-0.3, -0.25) is 4.84 Å². The summed E-state index contributed by atoms with van der Waals surface area (Å²) < 4.78 is 0. The van der Waals surface area contributed by atoms with Crippen LogP contribution in [0.5, 0.6) is 0 Å². The lowest BCUT2D eigenvalue weighted by atomic mass is 10.3. The lowest BCUT2D eigenvalue weighted by Gasteiger charge is -2.11. The topological polar surface area (TPSA) is 24.5 Å². The minimum absolute atomic E-state index is 0.500.